The number of amides is 1. The average Bonchev–Trinajstić information content (AvgIpc) is 2.28. The van der Waals surface area contributed by atoms with Crippen LogP contribution in [0.4, 0.5) is 0 Å². The molecule has 0 aromatic carbocycles. The number of Topliss-reactive ketones (excluding diaryl/α,β-unsaturated/α-hetero) is 1. The van der Waals surface area contributed by atoms with Gasteiger partial charge in [0, 0.05) is 26.1 Å². The van der Waals surface area contributed by atoms with E-state index in [9.17, 15) is 9.59 Å². The van der Waals surface area contributed by atoms with Gasteiger partial charge in [0.2, 0.25) is 5.91 Å². The first-order valence-electron chi connectivity index (χ1n) is 5.12. The summed E-state index contributed by atoms with van der Waals surface area (Å²) in [4.78, 5) is 24.3. The Bertz CT molecular complexity index is 228. The molecule has 1 aliphatic rings. The predicted octanol–water partition coefficient (Wildman–Crippen LogP) is 0.176. The maximum atomic E-state index is 11.4. The summed E-state index contributed by atoms with van der Waals surface area (Å²) in [6, 6.07) is -0.100. The van der Waals surface area contributed by atoms with Gasteiger partial charge in [-0.2, -0.15) is 0 Å². The zero-order valence-corrected chi connectivity index (χ0v) is 8.88. The molecule has 1 fully saturated rings. The van der Waals surface area contributed by atoms with Crippen LogP contribution in [0.25, 0.3) is 0 Å². The van der Waals surface area contributed by atoms with E-state index < -0.39 is 0 Å². The second kappa shape index (κ2) is 5.10. The molecule has 1 saturated heterocycles. The van der Waals surface area contributed by atoms with E-state index in [1.54, 1.807) is 6.92 Å². The van der Waals surface area contributed by atoms with Gasteiger partial charge in [-0.3, -0.25) is 14.5 Å². The van der Waals surface area contributed by atoms with Crippen LogP contribution in [0.5, 0.6) is 0 Å². The first-order valence-corrected chi connectivity index (χ1v) is 5.12. The van der Waals surface area contributed by atoms with Crippen molar-refractivity contribution in [3.8, 4) is 0 Å². The van der Waals surface area contributed by atoms with Crippen LogP contribution in [0.3, 0.4) is 0 Å². The number of rotatable bonds is 3. The molecule has 4 heteroatoms. The molecule has 1 aliphatic heterocycles. The topological polar surface area (TPSA) is 49.4 Å². The van der Waals surface area contributed by atoms with E-state index in [4.69, 9.17) is 0 Å². The largest absolute Gasteiger partial charge is 0.355 e. The number of carbonyl (C=O) groups excluding carboxylic acids is 2. The first-order chi connectivity index (χ1) is 6.61. The Morgan fingerprint density at radius 2 is 2.36 bits per heavy atom. The van der Waals surface area contributed by atoms with E-state index in [-0.39, 0.29) is 17.7 Å². The summed E-state index contributed by atoms with van der Waals surface area (Å²) in [7, 11) is 0. The fourth-order valence-corrected chi connectivity index (χ4v) is 1.61. The minimum absolute atomic E-state index is 0.0750. The van der Waals surface area contributed by atoms with Gasteiger partial charge in [0.15, 0.2) is 0 Å². The molecule has 0 spiro atoms. The molecule has 1 amide bonds. The molecule has 0 radical (unpaired) electrons. The van der Waals surface area contributed by atoms with E-state index in [2.05, 4.69) is 10.2 Å². The highest BCUT2D eigenvalue weighted by Gasteiger charge is 2.23. The normalized spacial score (nSPS) is 24.1. The molecule has 80 valence electrons. The molecular weight excluding hydrogens is 180 g/mol. The molecule has 4 nitrogen and oxygen atoms in total. The highest BCUT2D eigenvalue weighted by atomic mass is 16.2. The van der Waals surface area contributed by atoms with Crippen LogP contribution >= 0.6 is 0 Å². The van der Waals surface area contributed by atoms with Crippen LogP contribution in [0.1, 0.15) is 26.7 Å². The maximum Gasteiger partial charge on any atom is 0.237 e. The van der Waals surface area contributed by atoms with Gasteiger partial charge in [-0.05, 0) is 20.3 Å². The van der Waals surface area contributed by atoms with Crippen molar-refractivity contribution in [3.63, 3.8) is 0 Å². The van der Waals surface area contributed by atoms with Crippen LogP contribution in [-0.4, -0.2) is 42.3 Å². The lowest BCUT2D eigenvalue weighted by Crippen LogP contribution is -2.42. The van der Waals surface area contributed by atoms with Gasteiger partial charge < -0.3 is 5.32 Å². The van der Waals surface area contributed by atoms with Gasteiger partial charge in [-0.15, -0.1) is 0 Å². The summed E-state index contributed by atoms with van der Waals surface area (Å²) >= 11 is 0. The quantitative estimate of drug-likeness (QED) is 0.703. The van der Waals surface area contributed by atoms with Gasteiger partial charge in [-0.25, -0.2) is 0 Å². The molecule has 1 heterocycles. The van der Waals surface area contributed by atoms with Crippen molar-refractivity contribution in [2.75, 3.05) is 19.6 Å². The summed E-state index contributed by atoms with van der Waals surface area (Å²) < 4.78 is 0. The van der Waals surface area contributed by atoms with Crippen molar-refractivity contribution < 1.29 is 9.59 Å². The monoisotopic (exact) mass is 198 g/mol. The molecule has 0 saturated carbocycles. The summed E-state index contributed by atoms with van der Waals surface area (Å²) in [6.07, 6.45) is 1.51. The minimum Gasteiger partial charge on any atom is -0.355 e. The standard InChI is InChI=1S/C10H18N2O2/c1-8(13)4-7-12-6-3-5-11-10(14)9(12)2/h9H,3-7H2,1-2H3,(H,11,14). The third-order valence-corrected chi connectivity index (χ3v) is 2.60. The number of nitrogens with one attached hydrogen (secondary N) is 1. The predicted molar refractivity (Wildman–Crippen MR) is 54.0 cm³/mol. The first kappa shape index (κ1) is 11.2. The minimum atomic E-state index is -0.100. The molecule has 14 heavy (non-hydrogen) atoms. The summed E-state index contributed by atoms with van der Waals surface area (Å²) in [5.41, 5.74) is 0. The number of nitrogens with zero attached hydrogens (tertiary/aromatic N) is 1. The van der Waals surface area contributed by atoms with Crippen LogP contribution in [0.15, 0.2) is 0 Å². The molecule has 0 bridgehead atoms. The Labute approximate surface area is 84.7 Å². The van der Waals surface area contributed by atoms with Crippen LogP contribution in [0.2, 0.25) is 0 Å². The Morgan fingerprint density at radius 3 is 3.00 bits per heavy atom. The Morgan fingerprint density at radius 1 is 1.64 bits per heavy atom. The van der Waals surface area contributed by atoms with E-state index >= 15 is 0 Å². The smallest absolute Gasteiger partial charge is 0.237 e. The maximum absolute atomic E-state index is 11.4. The van der Waals surface area contributed by atoms with Crippen LogP contribution < -0.4 is 5.32 Å². The number of hydrogen-bond donors (Lipinski definition) is 1. The zero-order valence-electron chi connectivity index (χ0n) is 8.88. The Balaban J connectivity index is 2.47. The van der Waals surface area contributed by atoms with Crippen molar-refractivity contribution in [3.05, 3.63) is 0 Å². The second-order valence-electron chi connectivity index (χ2n) is 3.81. The van der Waals surface area contributed by atoms with E-state index in [0.717, 1.165) is 19.5 Å². The second-order valence-corrected chi connectivity index (χ2v) is 3.81. The van der Waals surface area contributed by atoms with Crippen molar-refractivity contribution in [2.24, 2.45) is 0 Å². The lowest BCUT2D eigenvalue weighted by Gasteiger charge is -2.24. The van der Waals surface area contributed by atoms with Crippen LogP contribution in [0, 0.1) is 0 Å². The molecule has 1 N–H and O–H groups in total. The number of ketones is 1. The van der Waals surface area contributed by atoms with E-state index in [1.165, 1.54) is 0 Å². The third kappa shape index (κ3) is 3.10. The van der Waals surface area contributed by atoms with Gasteiger partial charge in [0.05, 0.1) is 6.04 Å². The fraction of sp³-hybridized carbons (Fsp3) is 0.800. The molecule has 1 atom stereocenters. The van der Waals surface area contributed by atoms with Crippen molar-refractivity contribution in [2.45, 2.75) is 32.7 Å². The van der Waals surface area contributed by atoms with E-state index in [0.29, 0.717) is 13.0 Å². The fourth-order valence-electron chi connectivity index (χ4n) is 1.61. The third-order valence-electron chi connectivity index (χ3n) is 2.60. The number of hydrogen-bond acceptors (Lipinski definition) is 3. The van der Waals surface area contributed by atoms with Gasteiger partial charge in [0.1, 0.15) is 5.78 Å². The SMILES string of the molecule is CC(=O)CCN1CCCNC(=O)C1C. The summed E-state index contributed by atoms with van der Waals surface area (Å²) in [5.74, 6) is 0.257. The summed E-state index contributed by atoms with van der Waals surface area (Å²) in [5, 5.41) is 2.85. The molecule has 1 unspecified atom stereocenters. The molecule has 0 aliphatic carbocycles. The lowest BCUT2D eigenvalue weighted by atomic mass is 10.2. The van der Waals surface area contributed by atoms with Crippen molar-refractivity contribution in [1.82, 2.24) is 10.2 Å². The van der Waals surface area contributed by atoms with Crippen molar-refractivity contribution in [1.29, 1.82) is 0 Å². The lowest BCUT2D eigenvalue weighted by molar-refractivity contribution is -0.125. The average molecular weight is 198 g/mol. The van der Waals surface area contributed by atoms with Crippen LogP contribution in [-0.2, 0) is 9.59 Å². The number of carbonyl (C=O) groups is 2. The molecule has 1 rings (SSSR count). The van der Waals surface area contributed by atoms with Gasteiger partial charge >= 0.3 is 0 Å². The molecular formula is C10H18N2O2. The van der Waals surface area contributed by atoms with Gasteiger partial charge in [-0.1, -0.05) is 0 Å². The van der Waals surface area contributed by atoms with E-state index in [1.807, 2.05) is 6.92 Å². The highest BCUT2D eigenvalue weighted by Crippen LogP contribution is 2.05. The zero-order chi connectivity index (χ0) is 10.6. The Kier molecular flexibility index (Phi) is 4.07. The highest BCUT2D eigenvalue weighted by molar-refractivity contribution is 5.81. The Hall–Kier alpha value is -0.900. The molecule has 0 aromatic rings. The van der Waals surface area contributed by atoms with Crippen molar-refractivity contribution >= 4 is 11.7 Å². The van der Waals surface area contributed by atoms with Gasteiger partial charge in [0.25, 0.3) is 0 Å². The molecule has 0 aromatic heterocycles. The summed E-state index contributed by atoms with van der Waals surface area (Å²) in [6.45, 7) is 5.82.